The Balaban J connectivity index is 1.94. The molecule has 134 valence electrons. The second-order valence-corrected chi connectivity index (χ2v) is 5.92. The molecule has 0 bridgehead atoms. The second kappa shape index (κ2) is 8.41. The smallest absolute Gasteiger partial charge is 0.338 e. The lowest BCUT2D eigenvalue weighted by Gasteiger charge is -2.09. The standard InChI is InChI=1S/C18H19F2NO4/c1-11(2)5-6-24-17-9-21-13(8-16(17)22)10-25-18(23)12-3-4-14(19)15(20)7-12/h3-4,7-9,11H,5-6,10H2,1-2H3,(H,21,22). The van der Waals surface area contributed by atoms with Gasteiger partial charge in [0.1, 0.15) is 6.61 Å². The van der Waals surface area contributed by atoms with E-state index < -0.39 is 17.6 Å². The Morgan fingerprint density at radius 2 is 1.96 bits per heavy atom. The maximum atomic E-state index is 13.1. The Morgan fingerprint density at radius 1 is 1.20 bits per heavy atom. The largest absolute Gasteiger partial charge is 0.488 e. The van der Waals surface area contributed by atoms with Gasteiger partial charge in [0, 0.05) is 12.3 Å². The van der Waals surface area contributed by atoms with Gasteiger partial charge in [-0.05, 0) is 30.5 Å². The lowest BCUT2D eigenvalue weighted by Crippen LogP contribution is -2.13. The molecule has 1 aromatic carbocycles. The highest BCUT2D eigenvalue weighted by atomic mass is 19.2. The minimum atomic E-state index is -1.13. The summed E-state index contributed by atoms with van der Waals surface area (Å²) in [6.07, 6.45) is 2.23. The van der Waals surface area contributed by atoms with Crippen LogP contribution in [-0.2, 0) is 11.3 Å². The van der Waals surface area contributed by atoms with E-state index in [0.717, 1.165) is 24.6 Å². The zero-order chi connectivity index (χ0) is 18.4. The number of hydrogen-bond acceptors (Lipinski definition) is 4. The van der Waals surface area contributed by atoms with Crippen molar-refractivity contribution >= 4 is 5.97 Å². The van der Waals surface area contributed by atoms with Crippen LogP contribution < -0.4 is 10.2 Å². The highest BCUT2D eigenvalue weighted by Crippen LogP contribution is 2.11. The molecule has 0 atom stereocenters. The van der Waals surface area contributed by atoms with E-state index in [1.807, 2.05) is 0 Å². The number of pyridine rings is 1. The van der Waals surface area contributed by atoms with Gasteiger partial charge in [-0.15, -0.1) is 0 Å². The van der Waals surface area contributed by atoms with Crippen molar-refractivity contribution in [2.24, 2.45) is 5.92 Å². The first kappa shape index (κ1) is 18.6. The van der Waals surface area contributed by atoms with Gasteiger partial charge in [-0.3, -0.25) is 4.79 Å². The third-order valence-electron chi connectivity index (χ3n) is 3.40. The number of halogens is 2. The summed E-state index contributed by atoms with van der Waals surface area (Å²) in [4.78, 5) is 26.6. The van der Waals surface area contributed by atoms with E-state index >= 15 is 0 Å². The van der Waals surface area contributed by atoms with Crippen LogP contribution >= 0.6 is 0 Å². The molecule has 0 spiro atoms. The van der Waals surface area contributed by atoms with Crippen molar-refractivity contribution in [1.82, 2.24) is 4.98 Å². The minimum Gasteiger partial charge on any atom is -0.488 e. The molecule has 0 amide bonds. The molecule has 0 saturated carbocycles. The van der Waals surface area contributed by atoms with Crippen molar-refractivity contribution in [3.05, 3.63) is 63.6 Å². The third-order valence-corrected chi connectivity index (χ3v) is 3.40. The van der Waals surface area contributed by atoms with Crippen LogP contribution in [0, 0.1) is 17.6 Å². The third kappa shape index (κ3) is 5.41. The quantitative estimate of drug-likeness (QED) is 0.776. The van der Waals surface area contributed by atoms with Crippen LogP contribution in [0.2, 0.25) is 0 Å². The number of ether oxygens (including phenoxy) is 2. The van der Waals surface area contributed by atoms with Crippen LogP contribution in [0.4, 0.5) is 8.78 Å². The molecule has 2 aromatic rings. The zero-order valence-electron chi connectivity index (χ0n) is 14.0. The average Bonchev–Trinajstić information content (AvgIpc) is 2.56. The highest BCUT2D eigenvalue weighted by Gasteiger charge is 2.12. The molecular formula is C18H19F2NO4. The molecule has 1 heterocycles. The number of esters is 1. The van der Waals surface area contributed by atoms with E-state index in [0.29, 0.717) is 18.2 Å². The van der Waals surface area contributed by atoms with E-state index in [-0.39, 0.29) is 23.3 Å². The molecule has 0 fully saturated rings. The molecule has 0 saturated heterocycles. The Hall–Kier alpha value is -2.70. The molecular weight excluding hydrogens is 332 g/mol. The molecule has 0 aliphatic heterocycles. The number of carbonyl (C=O) groups is 1. The number of benzene rings is 1. The molecule has 0 aliphatic carbocycles. The van der Waals surface area contributed by atoms with Crippen LogP contribution in [0.5, 0.6) is 5.75 Å². The Morgan fingerprint density at radius 3 is 2.60 bits per heavy atom. The van der Waals surface area contributed by atoms with Crippen molar-refractivity contribution < 1.29 is 23.0 Å². The first-order valence-corrected chi connectivity index (χ1v) is 7.83. The van der Waals surface area contributed by atoms with Crippen LogP contribution in [0.3, 0.4) is 0 Å². The number of carbonyl (C=O) groups excluding carboxylic acids is 1. The number of H-pyrrole nitrogens is 1. The van der Waals surface area contributed by atoms with Gasteiger partial charge < -0.3 is 14.5 Å². The number of aromatic amines is 1. The van der Waals surface area contributed by atoms with Crippen LogP contribution in [-0.4, -0.2) is 17.6 Å². The fourth-order valence-electron chi connectivity index (χ4n) is 1.95. The fraction of sp³-hybridized carbons (Fsp3) is 0.333. The highest BCUT2D eigenvalue weighted by molar-refractivity contribution is 5.89. The molecule has 5 nitrogen and oxygen atoms in total. The summed E-state index contributed by atoms with van der Waals surface area (Å²) in [6, 6.07) is 3.99. The summed E-state index contributed by atoms with van der Waals surface area (Å²) < 4.78 is 36.3. The van der Waals surface area contributed by atoms with Gasteiger partial charge in [-0.2, -0.15) is 0 Å². The summed E-state index contributed by atoms with van der Waals surface area (Å²) >= 11 is 0. The average molecular weight is 351 g/mol. The maximum absolute atomic E-state index is 13.1. The van der Waals surface area contributed by atoms with Gasteiger partial charge in [-0.1, -0.05) is 13.8 Å². The van der Waals surface area contributed by atoms with Crippen molar-refractivity contribution in [2.45, 2.75) is 26.9 Å². The van der Waals surface area contributed by atoms with E-state index in [9.17, 15) is 18.4 Å². The number of aromatic nitrogens is 1. The van der Waals surface area contributed by atoms with Crippen LogP contribution in [0.15, 0.2) is 35.3 Å². The van der Waals surface area contributed by atoms with E-state index in [2.05, 4.69) is 18.8 Å². The number of hydrogen-bond donors (Lipinski definition) is 1. The van der Waals surface area contributed by atoms with E-state index in [1.165, 1.54) is 12.3 Å². The molecule has 0 unspecified atom stereocenters. The lowest BCUT2D eigenvalue weighted by atomic mass is 10.1. The van der Waals surface area contributed by atoms with Crippen molar-refractivity contribution in [3.8, 4) is 5.75 Å². The summed E-state index contributed by atoms with van der Waals surface area (Å²) in [5, 5.41) is 0. The molecule has 1 N–H and O–H groups in total. The summed E-state index contributed by atoms with van der Waals surface area (Å²) in [5.41, 5.74) is -0.0894. The van der Waals surface area contributed by atoms with Gasteiger partial charge in [0.2, 0.25) is 5.43 Å². The van der Waals surface area contributed by atoms with Crippen molar-refractivity contribution in [1.29, 1.82) is 0 Å². The molecule has 7 heteroatoms. The van der Waals surface area contributed by atoms with Crippen LogP contribution in [0.1, 0.15) is 36.3 Å². The lowest BCUT2D eigenvalue weighted by molar-refractivity contribution is 0.0467. The van der Waals surface area contributed by atoms with Gasteiger partial charge in [0.05, 0.1) is 17.9 Å². The predicted octanol–water partition coefficient (Wildman–Crippen LogP) is 3.44. The van der Waals surface area contributed by atoms with Gasteiger partial charge >= 0.3 is 5.97 Å². The minimum absolute atomic E-state index is 0.116. The molecule has 0 radical (unpaired) electrons. The summed E-state index contributed by atoms with van der Waals surface area (Å²) in [6.45, 7) is 4.33. The van der Waals surface area contributed by atoms with E-state index in [4.69, 9.17) is 9.47 Å². The maximum Gasteiger partial charge on any atom is 0.338 e. The fourth-order valence-corrected chi connectivity index (χ4v) is 1.95. The first-order chi connectivity index (χ1) is 11.9. The second-order valence-electron chi connectivity index (χ2n) is 5.92. The van der Waals surface area contributed by atoms with E-state index in [1.54, 1.807) is 0 Å². The zero-order valence-corrected chi connectivity index (χ0v) is 14.0. The molecule has 25 heavy (non-hydrogen) atoms. The summed E-state index contributed by atoms with van der Waals surface area (Å²) in [5.74, 6) is -2.35. The van der Waals surface area contributed by atoms with Gasteiger partial charge in [0.15, 0.2) is 17.4 Å². The van der Waals surface area contributed by atoms with Crippen LogP contribution in [0.25, 0.3) is 0 Å². The van der Waals surface area contributed by atoms with Crippen molar-refractivity contribution in [2.75, 3.05) is 6.61 Å². The molecule has 2 rings (SSSR count). The Kier molecular flexibility index (Phi) is 6.27. The van der Waals surface area contributed by atoms with Crippen molar-refractivity contribution in [3.63, 3.8) is 0 Å². The molecule has 1 aromatic heterocycles. The van der Waals surface area contributed by atoms with Gasteiger partial charge in [0.25, 0.3) is 0 Å². The molecule has 0 aliphatic rings. The SMILES string of the molecule is CC(C)CCOc1c[nH]c(COC(=O)c2ccc(F)c(F)c2)cc1=O. The predicted molar refractivity (Wildman–Crippen MR) is 87.5 cm³/mol. The first-order valence-electron chi connectivity index (χ1n) is 7.83. The topological polar surface area (TPSA) is 68.4 Å². The summed E-state index contributed by atoms with van der Waals surface area (Å²) in [7, 11) is 0. The van der Waals surface area contributed by atoms with Gasteiger partial charge in [-0.25, -0.2) is 13.6 Å². The normalized spacial score (nSPS) is 10.8. The Labute approximate surface area is 143 Å². The Bertz CT molecular complexity index is 802. The number of rotatable bonds is 7. The monoisotopic (exact) mass is 351 g/mol. The number of nitrogens with one attached hydrogen (secondary N) is 1.